The quantitative estimate of drug-likeness (QED) is 0.861. The monoisotopic (exact) mass is 339 g/mol. The van der Waals surface area contributed by atoms with Gasteiger partial charge in [-0.25, -0.2) is 8.42 Å². The lowest BCUT2D eigenvalue weighted by atomic mass is 9.89. The molecule has 2 aliphatic rings. The Kier molecular flexibility index (Phi) is 4.39. The van der Waals surface area contributed by atoms with Gasteiger partial charge >= 0.3 is 0 Å². The van der Waals surface area contributed by atoms with Gasteiger partial charge in [-0.1, -0.05) is 0 Å². The molecule has 3 rings (SSSR count). The van der Waals surface area contributed by atoms with Gasteiger partial charge in [0.1, 0.15) is 0 Å². The largest absolute Gasteiger partial charge is 0.373 e. The number of carbonyl (C=O) groups excluding carboxylic acids is 1. The Bertz CT molecular complexity index is 679. The van der Waals surface area contributed by atoms with Gasteiger partial charge < -0.3 is 10.1 Å². The van der Waals surface area contributed by atoms with Gasteiger partial charge in [0.25, 0.3) is 5.91 Å². The van der Waals surface area contributed by atoms with Crippen molar-refractivity contribution in [2.75, 3.05) is 26.0 Å². The van der Waals surface area contributed by atoms with Gasteiger partial charge in [-0.3, -0.25) is 9.78 Å². The Labute approximate surface area is 136 Å². The predicted molar refractivity (Wildman–Crippen MR) is 84.4 cm³/mol. The summed E-state index contributed by atoms with van der Waals surface area (Å²) >= 11 is 0. The van der Waals surface area contributed by atoms with Crippen LogP contribution in [0.15, 0.2) is 24.5 Å². The first kappa shape index (κ1) is 16.4. The molecular formula is C15H21N3O4S. The highest BCUT2D eigenvalue weighted by Gasteiger charge is 2.45. The SMILES string of the molecule is CS(=O)(=O)N1CC[C@]2(C[C@@H](NC(=O)c3ccncc3)CCO2)C1. The summed E-state index contributed by atoms with van der Waals surface area (Å²) < 4.78 is 30.8. The van der Waals surface area contributed by atoms with E-state index < -0.39 is 15.6 Å². The van der Waals surface area contributed by atoms with Crippen LogP contribution in [-0.4, -0.2) is 61.2 Å². The van der Waals surface area contributed by atoms with Crippen LogP contribution in [0.5, 0.6) is 0 Å². The van der Waals surface area contributed by atoms with Crippen LogP contribution in [0.1, 0.15) is 29.6 Å². The second-order valence-electron chi connectivity index (χ2n) is 6.28. The van der Waals surface area contributed by atoms with Crippen molar-refractivity contribution in [2.45, 2.75) is 30.9 Å². The van der Waals surface area contributed by atoms with E-state index in [-0.39, 0.29) is 11.9 Å². The van der Waals surface area contributed by atoms with Gasteiger partial charge in [0.05, 0.1) is 11.9 Å². The standard InChI is InChI=1S/C15H21N3O4S/c1-23(20,21)18-8-5-15(11-18)10-13(4-9-22-15)17-14(19)12-2-6-16-7-3-12/h2-3,6-7,13H,4-5,8-11H2,1H3,(H,17,19)/t13-,15-/m0/s1. The number of nitrogens with one attached hydrogen (secondary N) is 1. The van der Waals surface area contributed by atoms with E-state index in [2.05, 4.69) is 10.3 Å². The molecule has 0 aromatic carbocycles. The zero-order valence-corrected chi connectivity index (χ0v) is 13.9. The van der Waals surface area contributed by atoms with Crippen molar-refractivity contribution < 1.29 is 17.9 Å². The van der Waals surface area contributed by atoms with Crippen LogP contribution in [0.25, 0.3) is 0 Å². The highest BCUT2D eigenvalue weighted by molar-refractivity contribution is 7.88. The fraction of sp³-hybridized carbons (Fsp3) is 0.600. The number of hydrogen-bond acceptors (Lipinski definition) is 5. The average Bonchev–Trinajstić information content (AvgIpc) is 2.92. The lowest BCUT2D eigenvalue weighted by Crippen LogP contribution is -2.50. The Balaban J connectivity index is 1.64. The van der Waals surface area contributed by atoms with E-state index in [0.717, 1.165) is 6.42 Å². The Morgan fingerprint density at radius 2 is 2.17 bits per heavy atom. The van der Waals surface area contributed by atoms with Crippen LogP contribution < -0.4 is 5.32 Å². The molecule has 8 heteroatoms. The van der Waals surface area contributed by atoms with E-state index in [1.54, 1.807) is 24.5 Å². The molecule has 2 aliphatic heterocycles. The molecular weight excluding hydrogens is 318 g/mol. The molecule has 0 saturated carbocycles. The molecule has 126 valence electrons. The summed E-state index contributed by atoms with van der Waals surface area (Å²) in [6.45, 7) is 1.37. The molecule has 1 aromatic heterocycles. The van der Waals surface area contributed by atoms with Gasteiger partial charge in [-0.15, -0.1) is 0 Å². The normalized spacial score (nSPS) is 28.8. The average molecular weight is 339 g/mol. The number of amides is 1. The number of hydrogen-bond donors (Lipinski definition) is 1. The maximum Gasteiger partial charge on any atom is 0.251 e. The highest BCUT2D eigenvalue weighted by Crippen LogP contribution is 2.35. The first-order chi connectivity index (χ1) is 10.9. The van der Waals surface area contributed by atoms with Crippen molar-refractivity contribution >= 4 is 15.9 Å². The molecule has 1 N–H and O–H groups in total. The smallest absolute Gasteiger partial charge is 0.251 e. The summed E-state index contributed by atoms with van der Waals surface area (Å²) in [6, 6.07) is 3.33. The van der Waals surface area contributed by atoms with E-state index in [1.165, 1.54) is 10.6 Å². The molecule has 0 unspecified atom stereocenters. The summed E-state index contributed by atoms with van der Waals surface area (Å²) in [7, 11) is -3.20. The molecule has 0 bridgehead atoms. The van der Waals surface area contributed by atoms with Crippen molar-refractivity contribution in [2.24, 2.45) is 0 Å². The molecule has 23 heavy (non-hydrogen) atoms. The van der Waals surface area contributed by atoms with Crippen LogP contribution in [0.4, 0.5) is 0 Å². The zero-order chi connectivity index (χ0) is 16.5. The third-order valence-electron chi connectivity index (χ3n) is 4.52. The number of carbonyl (C=O) groups is 1. The van der Waals surface area contributed by atoms with Gasteiger partial charge in [-0.2, -0.15) is 4.31 Å². The van der Waals surface area contributed by atoms with E-state index >= 15 is 0 Å². The Hall–Kier alpha value is -1.51. The van der Waals surface area contributed by atoms with E-state index in [4.69, 9.17) is 4.74 Å². The fourth-order valence-electron chi connectivity index (χ4n) is 3.30. The minimum Gasteiger partial charge on any atom is -0.373 e. The number of nitrogens with zero attached hydrogens (tertiary/aromatic N) is 2. The molecule has 2 saturated heterocycles. The van der Waals surface area contributed by atoms with E-state index in [1.807, 2.05) is 0 Å². The van der Waals surface area contributed by atoms with Crippen LogP contribution in [-0.2, 0) is 14.8 Å². The van der Waals surface area contributed by atoms with Crippen molar-refractivity contribution in [3.63, 3.8) is 0 Å². The lowest BCUT2D eigenvalue weighted by Gasteiger charge is -2.38. The molecule has 2 atom stereocenters. The zero-order valence-electron chi connectivity index (χ0n) is 13.1. The predicted octanol–water partition coefficient (Wildman–Crippen LogP) is 0.395. The van der Waals surface area contributed by atoms with Gasteiger partial charge in [0.15, 0.2) is 0 Å². The lowest BCUT2D eigenvalue weighted by molar-refractivity contribution is -0.0761. The van der Waals surface area contributed by atoms with Gasteiger partial charge in [0, 0.05) is 43.7 Å². The second-order valence-corrected chi connectivity index (χ2v) is 8.26. The Morgan fingerprint density at radius 1 is 1.43 bits per heavy atom. The molecule has 1 amide bonds. The van der Waals surface area contributed by atoms with Gasteiger partial charge in [-0.05, 0) is 31.4 Å². The van der Waals surface area contributed by atoms with E-state index in [0.29, 0.717) is 38.1 Å². The van der Waals surface area contributed by atoms with Crippen LogP contribution >= 0.6 is 0 Å². The number of aromatic nitrogens is 1. The van der Waals surface area contributed by atoms with Crippen molar-refractivity contribution in [3.05, 3.63) is 30.1 Å². The Morgan fingerprint density at radius 3 is 2.83 bits per heavy atom. The summed E-state index contributed by atoms with van der Waals surface area (Å²) in [5.41, 5.74) is 0.0991. The minimum absolute atomic E-state index is 0.0103. The first-order valence-corrected chi connectivity index (χ1v) is 9.53. The number of rotatable bonds is 3. The molecule has 7 nitrogen and oxygen atoms in total. The number of pyridine rings is 1. The molecule has 1 spiro atoms. The summed E-state index contributed by atoms with van der Waals surface area (Å²) in [5, 5.41) is 3.03. The van der Waals surface area contributed by atoms with Crippen molar-refractivity contribution in [1.29, 1.82) is 0 Å². The summed E-state index contributed by atoms with van der Waals surface area (Å²) in [6.07, 6.45) is 6.43. The number of ether oxygens (including phenoxy) is 1. The molecule has 2 fully saturated rings. The van der Waals surface area contributed by atoms with Crippen LogP contribution in [0.3, 0.4) is 0 Å². The van der Waals surface area contributed by atoms with Gasteiger partial charge in [0.2, 0.25) is 10.0 Å². The molecule has 3 heterocycles. The molecule has 1 aromatic rings. The molecule has 0 aliphatic carbocycles. The summed E-state index contributed by atoms with van der Waals surface area (Å²) in [5.74, 6) is -0.132. The van der Waals surface area contributed by atoms with Crippen LogP contribution in [0, 0.1) is 0 Å². The third kappa shape index (κ3) is 3.70. The molecule has 0 radical (unpaired) electrons. The fourth-order valence-corrected chi connectivity index (χ4v) is 4.19. The maximum atomic E-state index is 12.3. The minimum atomic E-state index is -3.20. The maximum absolute atomic E-state index is 12.3. The topological polar surface area (TPSA) is 88.6 Å². The third-order valence-corrected chi connectivity index (χ3v) is 5.77. The number of sulfonamides is 1. The van der Waals surface area contributed by atoms with E-state index in [9.17, 15) is 13.2 Å². The first-order valence-electron chi connectivity index (χ1n) is 7.68. The van der Waals surface area contributed by atoms with Crippen LogP contribution in [0.2, 0.25) is 0 Å². The highest BCUT2D eigenvalue weighted by atomic mass is 32.2. The van der Waals surface area contributed by atoms with Crippen molar-refractivity contribution in [1.82, 2.24) is 14.6 Å². The van der Waals surface area contributed by atoms with Crippen molar-refractivity contribution in [3.8, 4) is 0 Å². The summed E-state index contributed by atoms with van der Waals surface area (Å²) in [4.78, 5) is 16.2. The second kappa shape index (κ2) is 6.18.